The molecule has 0 bridgehead atoms. The van der Waals surface area contributed by atoms with Crippen LogP contribution >= 0.6 is 0 Å². The quantitative estimate of drug-likeness (QED) is 0.583. The minimum Gasteiger partial charge on any atom is -0.347 e. The van der Waals surface area contributed by atoms with Crippen molar-refractivity contribution in [3.63, 3.8) is 0 Å². The molecule has 2 rings (SSSR count). The first-order valence-electron chi connectivity index (χ1n) is 4.69. The molecule has 0 aromatic carbocycles. The Morgan fingerprint density at radius 3 is 3.18 bits per heavy atom. The number of hydrogen-bond acceptors (Lipinski definition) is 2. The third-order valence-corrected chi connectivity index (χ3v) is 2.57. The molecule has 0 spiro atoms. The van der Waals surface area contributed by atoms with Crippen molar-refractivity contribution in [1.82, 2.24) is 0 Å². The van der Waals surface area contributed by atoms with Gasteiger partial charge in [-0.2, -0.15) is 0 Å². The van der Waals surface area contributed by atoms with Crippen molar-refractivity contribution in [2.24, 2.45) is 0 Å². The Morgan fingerprint density at radius 1 is 1.55 bits per heavy atom. The van der Waals surface area contributed by atoms with Gasteiger partial charge in [0.15, 0.2) is 5.79 Å². The summed E-state index contributed by atoms with van der Waals surface area (Å²) in [4.78, 5) is 0. The van der Waals surface area contributed by atoms with E-state index in [-0.39, 0.29) is 5.79 Å². The molecule has 1 aliphatic carbocycles. The van der Waals surface area contributed by atoms with E-state index in [0.29, 0.717) is 6.10 Å². The van der Waals surface area contributed by atoms with Gasteiger partial charge in [-0.1, -0.05) is 13.3 Å². The normalized spacial score (nSPS) is 41.7. The first kappa shape index (κ1) is 7.56. The first-order chi connectivity index (χ1) is 5.37. The molecule has 2 atom stereocenters. The number of rotatable bonds is 3. The van der Waals surface area contributed by atoms with Gasteiger partial charge in [0.05, 0.1) is 0 Å². The van der Waals surface area contributed by atoms with E-state index in [0.717, 1.165) is 19.4 Å². The number of epoxide rings is 1. The summed E-state index contributed by atoms with van der Waals surface area (Å²) in [5, 5.41) is 0. The van der Waals surface area contributed by atoms with E-state index in [1.807, 2.05) is 0 Å². The predicted octanol–water partition coefficient (Wildman–Crippen LogP) is 2.08. The SMILES string of the molecule is CCCOC12CCCCC1O2. The van der Waals surface area contributed by atoms with Crippen LogP contribution in [0.25, 0.3) is 0 Å². The van der Waals surface area contributed by atoms with Crippen LogP contribution < -0.4 is 0 Å². The van der Waals surface area contributed by atoms with Crippen LogP contribution in [0, 0.1) is 0 Å². The van der Waals surface area contributed by atoms with Gasteiger partial charge < -0.3 is 9.47 Å². The molecule has 64 valence electrons. The zero-order valence-electron chi connectivity index (χ0n) is 7.14. The molecule has 2 aliphatic rings. The van der Waals surface area contributed by atoms with Gasteiger partial charge >= 0.3 is 0 Å². The van der Waals surface area contributed by atoms with Gasteiger partial charge in [0.1, 0.15) is 6.10 Å². The summed E-state index contributed by atoms with van der Waals surface area (Å²) in [5.74, 6) is -0.103. The van der Waals surface area contributed by atoms with Crippen molar-refractivity contribution in [2.75, 3.05) is 6.61 Å². The van der Waals surface area contributed by atoms with Crippen LogP contribution in [0.3, 0.4) is 0 Å². The highest BCUT2D eigenvalue weighted by molar-refractivity contribution is 4.97. The lowest BCUT2D eigenvalue weighted by Gasteiger charge is -2.16. The summed E-state index contributed by atoms with van der Waals surface area (Å²) < 4.78 is 11.2. The van der Waals surface area contributed by atoms with E-state index < -0.39 is 0 Å². The second kappa shape index (κ2) is 2.76. The van der Waals surface area contributed by atoms with E-state index in [9.17, 15) is 0 Å². The molecule has 1 aliphatic heterocycles. The van der Waals surface area contributed by atoms with Crippen LogP contribution in [0.4, 0.5) is 0 Å². The van der Waals surface area contributed by atoms with Crippen molar-refractivity contribution in [2.45, 2.75) is 50.9 Å². The second-order valence-electron chi connectivity index (χ2n) is 3.51. The van der Waals surface area contributed by atoms with Gasteiger partial charge in [0.2, 0.25) is 0 Å². The van der Waals surface area contributed by atoms with Gasteiger partial charge in [0, 0.05) is 13.0 Å². The molecule has 0 N–H and O–H groups in total. The van der Waals surface area contributed by atoms with E-state index >= 15 is 0 Å². The zero-order valence-corrected chi connectivity index (χ0v) is 7.14. The smallest absolute Gasteiger partial charge is 0.195 e. The fraction of sp³-hybridized carbons (Fsp3) is 1.00. The Morgan fingerprint density at radius 2 is 2.45 bits per heavy atom. The number of fused-ring (bicyclic) bond motifs is 1. The van der Waals surface area contributed by atoms with Crippen molar-refractivity contribution in [1.29, 1.82) is 0 Å². The molecular formula is C9H16O2. The van der Waals surface area contributed by atoms with Crippen molar-refractivity contribution >= 4 is 0 Å². The van der Waals surface area contributed by atoms with Crippen LogP contribution in [0.5, 0.6) is 0 Å². The molecule has 1 saturated heterocycles. The van der Waals surface area contributed by atoms with Crippen LogP contribution in [0.2, 0.25) is 0 Å². The highest BCUT2D eigenvalue weighted by Gasteiger charge is 2.58. The highest BCUT2D eigenvalue weighted by atomic mass is 16.8. The lowest BCUT2D eigenvalue weighted by Crippen LogP contribution is -2.23. The molecule has 0 aromatic rings. The van der Waals surface area contributed by atoms with Crippen molar-refractivity contribution in [3.05, 3.63) is 0 Å². The van der Waals surface area contributed by atoms with Crippen LogP contribution in [-0.2, 0) is 9.47 Å². The van der Waals surface area contributed by atoms with Crippen molar-refractivity contribution in [3.8, 4) is 0 Å². The lowest BCUT2D eigenvalue weighted by molar-refractivity contribution is -0.0519. The molecule has 2 fully saturated rings. The Balaban J connectivity index is 1.82. The summed E-state index contributed by atoms with van der Waals surface area (Å²) >= 11 is 0. The van der Waals surface area contributed by atoms with Gasteiger partial charge in [-0.3, -0.25) is 0 Å². The third-order valence-electron chi connectivity index (χ3n) is 2.57. The molecule has 2 unspecified atom stereocenters. The minimum absolute atomic E-state index is 0.103. The van der Waals surface area contributed by atoms with Crippen molar-refractivity contribution < 1.29 is 9.47 Å². The van der Waals surface area contributed by atoms with E-state index in [4.69, 9.17) is 9.47 Å². The molecular weight excluding hydrogens is 140 g/mol. The molecule has 0 aromatic heterocycles. The zero-order chi connectivity index (χ0) is 7.73. The average molecular weight is 156 g/mol. The van der Waals surface area contributed by atoms with E-state index in [1.54, 1.807) is 0 Å². The van der Waals surface area contributed by atoms with E-state index in [1.165, 1.54) is 19.3 Å². The predicted molar refractivity (Wildman–Crippen MR) is 42.3 cm³/mol. The Hall–Kier alpha value is -0.0800. The number of hydrogen-bond donors (Lipinski definition) is 0. The molecule has 0 amide bonds. The Labute approximate surface area is 67.9 Å². The molecule has 1 heterocycles. The van der Waals surface area contributed by atoms with Gasteiger partial charge in [-0.25, -0.2) is 0 Å². The lowest BCUT2D eigenvalue weighted by atomic mass is 9.98. The van der Waals surface area contributed by atoms with Gasteiger partial charge in [-0.15, -0.1) is 0 Å². The summed E-state index contributed by atoms with van der Waals surface area (Å²) in [7, 11) is 0. The fourth-order valence-electron chi connectivity index (χ4n) is 1.88. The summed E-state index contributed by atoms with van der Waals surface area (Å²) in [6, 6.07) is 0. The fourth-order valence-corrected chi connectivity index (χ4v) is 1.88. The van der Waals surface area contributed by atoms with Gasteiger partial charge in [0.25, 0.3) is 0 Å². The van der Waals surface area contributed by atoms with Crippen LogP contribution in [0.15, 0.2) is 0 Å². The molecule has 11 heavy (non-hydrogen) atoms. The van der Waals surface area contributed by atoms with E-state index in [2.05, 4.69) is 6.92 Å². The maximum absolute atomic E-state index is 5.67. The Bertz CT molecular complexity index is 146. The van der Waals surface area contributed by atoms with Crippen LogP contribution in [-0.4, -0.2) is 18.5 Å². The van der Waals surface area contributed by atoms with Crippen LogP contribution in [0.1, 0.15) is 39.0 Å². The third kappa shape index (κ3) is 1.30. The molecule has 2 heteroatoms. The minimum atomic E-state index is -0.103. The molecule has 0 radical (unpaired) electrons. The summed E-state index contributed by atoms with van der Waals surface area (Å²) in [6.45, 7) is 2.99. The maximum atomic E-state index is 5.67. The average Bonchev–Trinajstić information content (AvgIpc) is 2.75. The first-order valence-corrected chi connectivity index (χ1v) is 4.69. The highest BCUT2D eigenvalue weighted by Crippen LogP contribution is 2.48. The summed E-state index contributed by atoms with van der Waals surface area (Å²) in [5.41, 5.74) is 0. The summed E-state index contributed by atoms with van der Waals surface area (Å²) in [6.07, 6.45) is 6.48. The largest absolute Gasteiger partial charge is 0.347 e. The Kier molecular flexibility index (Phi) is 1.90. The standard InChI is InChI=1S/C9H16O2/c1-2-7-10-9-6-4-3-5-8(9)11-9/h8H,2-7H2,1H3. The number of ether oxygens (including phenoxy) is 2. The monoisotopic (exact) mass is 156 g/mol. The maximum Gasteiger partial charge on any atom is 0.195 e. The van der Waals surface area contributed by atoms with Gasteiger partial charge in [-0.05, 0) is 19.3 Å². The topological polar surface area (TPSA) is 21.8 Å². The molecule has 1 saturated carbocycles. The second-order valence-corrected chi connectivity index (χ2v) is 3.51. The molecule has 2 nitrogen and oxygen atoms in total.